The van der Waals surface area contributed by atoms with Crippen LogP contribution >= 0.6 is 0 Å². The van der Waals surface area contributed by atoms with Crippen molar-refractivity contribution in [1.29, 1.82) is 0 Å². The lowest BCUT2D eigenvalue weighted by molar-refractivity contribution is 0.0223. The summed E-state index contributed by atoms with van der Waals surface area (Å²) in [5, 5.41) is 2.99. The van der Waals surface area contributed by atoms with Gasteiger partial charge in [0.1, 0.15) is 5.82 Å². The Morgan fingerprint density at radius 2 is 1.64 bits per heavy atom. The Bertz CT molecular complexity index is 1500. The number of rotatable bonds is 11. The first kappa shape index (κ1) is 32.8. The van der Waals surface area contributed by atoms with Crippen LogP contribution in [-0.2, 0) is 20.0 Å². The number of alkyl carbamates (subject to hydrolysis) is 1. The van der Waals surface area contributed by atoms with Gasteiger partial charge in [-0.1, -0.05) is 25.0 Å². The Morgan fingerprint density at radius 3 is 2.26 bits per heavy atom. The number of benzene rings is 2. The monoisotopic (exact) mass is 666 g/mol. The van der Waals surface area contributed by atoms with Crippen LogP contribution in [0.2, 0.25) is 0 Å². The zero-order valence-corrected chi connectivity index (χ0v) is 28.6. The van der Waals surface area contributed by atoms with Gasteiger partial charge >= 0.3 is 6.09 Å². The summed E-state index contributed by atoms with van der Waals surface area (Å²) in [5.74, 6) is 1.00. The number of carbonyl (C=O) groups is 1. The summed E-state index contributed by atoms with van der Waals surface area (Å²) in [6, 6.07) is 14.9. The van der Waals surface area contributed by atoms with E-state index in [1.54, 1.807) is 24.3 Å². The average molecular weight is 667 g/mol. The minimum Gasteiger partial charge on any atom is -0.453 e. The van der Waals surface area contributed by atoms with Crippen molar-refractivity contribution >= 4 is 21.6 Å². The predicted octanol–water partition coefficient (Wildman–Crippen LogP) is 5.47. The van der Waals surface area contributed by atoms with Crippen LogP contribution in [0.5, 0.6) is 0 Å². The topological polar surface area (TPSA) is 82.2 Å². The van der Waals surface area contributed by atoms with E-state index in [4.69, 9.17) is 4.74 Å². The molecule has 2 aromatic rings. The molecular weight excluding hydrogens is 615 g/mol. The number of hydrogen-bond donors (Lipinski definition) is 1. The molecule has 2 aliphatic carbocycles. The molecule has 5 aliphatic rings. The van der Waals surface area contributed by atoms with Crippen LogP contribution in [0.4, 0.5) is 14.9 Å². The van der Waals surface area contributed by atoms with E-state index in [2.05, 4.69) is 26.1 Å². The highest BCUT2D eigenvalue weighted by Gasteiger charge is 2.53. The summed E-state index contributed by atoms with van der Waals surface area (Å²) in [4.78, 5) is 20.4. The molecule has 3 heterocycles. The molecule has 256 valence electrons. The fourth-order valence-electron chi connectivity index (χ4n) is 9.35. The lowest BCUT2D eigenvalue weighted by atomic mass is 9.57. The van der Waals surface area contributed by atoms with E-state index in [0.717, 1.165) is 115 Å². The van der Waals surface area contributed by atoms with Crippen molar-refractivity contribution in [2.24, 2.45) is 17.8 Å². The number of nitrogens with one attached hydrogen (secondary N) is 1. The number of sulfone groups is 1. The second-order valence-electron chi connectivity index (χ2n) is 14.9. The first-order valence-corrected chi connectivity index (χ1v) is 19.4. The number of methoxy groups -OCH3 is 1. The van der Waals surface area contributed by atoms with Gasteiger partial charge in [0.25, 0.3) is 0 Å². The van der Waals surface area contributed by atoms with Gasteiger partial charge in [-0.25, -0.2) is 17.6 Å². The number of anilines is 1. The van der Waals surface area contributed by atoms with Gasteiger partial charge in [0, 0.05) is 49.2 Å². The first-order valence-electron chi connectivity index (χ1n) is 17.9. The summed E-state index contributed by atoms with van der Waals surface area (Å²) in [6.45, 7) is 8.14. The number of nitrogens with zero attached hydrogens (tertiary/aromatic N) is 3. The largest absolute Gasteiger partial charge is 0.453 e. The Kier molecular flexibility index (Phi) is 9.55. The molecule has 3 saturated heterocycles. The summed E-state index contributed by atoms with van der Waals surface area (Å²) in [7, 11) is -1.76. The quantitative estimate of drug-likeness (QED) is 0.341. The van der Waals surface area contributed by atoms with Crippen LogP contribution < -0.4 is 10.2 Å². The minimum absolute atomic E-state index is 0.0124. The molecule has 10 heteroatoms. The van der Waals surface area contributed by atoms with Gasteiger partial charge in [0.2, 0.25) is 0 Å². The second-order valence-corrected chi connectivity index (χ2v) is 17.1. The number of amides is 1. The third kappa shape index (κ3) is 6.54. The number of piperidine rings is 1. The van der Waals surface area contributed by atoms with Crippen LogP contribution in [0.25, 0.3) is 0 Å². The maximum Gasteiger partial charge on any atom is 0.407 e. The molecule has 2 saturated carbocycles. The van der Waals surface area contributed by atoms with Gasteiger partial charge in [-0.2, -0.15) is 0 Å². The van der Waals surface area contributed by atoms with Gasteiger partial charge < -0.3 is 24.8 Å². The molecule has 47 heavy (non-hydrogen) atoms. The zero-order chi connectivity index (χ0) is 32.6. The molecule has 0 unspecified atom stereocenters. The standard InChI is InChI=1S/C37H51FN4O4S/c1-46-36(43)39-35-11-4-10-34(35)37(26-41-18-5-19-41,29-6-2-7-30(38)22-29)28-16-20-40(21-17-28)23-27-24-42(25-27)31-12-14-33(15-13-31)47(44,45)32-8-3-9-32/h2,6-7,12-15,22,27-28,32,34-35H,3-5,8-11,16-21,23-26H2,1H3,(H,39,43)/t34-,35-,37-/m0/s1. The first-order chi connectivity index (χ1) is 22.8. The minimum atomic E-state index is -3.19. The Labute approximate surface area is 279 Å². The lowest BCUT2D eigenvalue weighted by Gasteiger charge is -2.54. The smallest absolute Gasteiger partial charge is 0.407 e. The summed E-state index contributed by atoms with van der Waals surface area (Å²) < 4.78 is 45.5. The van der Waals surface area contributed by atoms with E-state index in [9.17, 15) is 17.6 Å². The molecule has 3 atom stereocenters. The number of halogens is 1. The molecule has 0 aromatic heterocycles. The second kappa shape index (κ2) is 13.7. The Balaban J connectivity index is 1.02. The number of ether oxygens (including phenoxy) is 1. The van der Waals surface area contributed by atoms with Crippen molar-refractivity contribution in [3.8, 4) is 0 Å². The van der Waals surface area contributed by atoms with E-state index in [0.29, 0.717) is 16.7 Å². The van der Waals surface area contributed by atoms with Crippen molar-refractivity contribution in [1.82, 2.24) is 15.1 Å². The number of likely N-dealkylation sites (tertiary alicyclic amines) is 2. The van der Waals surface area contributed by atoms with Crippen LogP contribution in [0.1, 0.15) is 63.4 Å². The molecule has 7 rings (SSSR count). The normalized spacial score (nSPS) is 26.2. The van der Waals surface area contributed by atoms with Gasteiger partial charge in [0.15, 0.2) is 9.84 Å². The predicted molar refractivity (Wildman–Crippen MR) is 182 cm³/mol. The third-order valence-corrected chi connectivity index (χ3v) is 14.6. The van der Waals surface area contributed by atoms with Gasteiger partial charge in [-0.3, -0.25) is 0 Å². The molecule has 0 bridgehead atoms. The van der Waals surface area contributed by atoms with Crippen LogP contribution in [0, 0.1) is 23.6 Å². The molecule has 1 amide bonds. The van der Waals surface area contributed by atoms with E-state index in [1.165, 1.54) is 13.5 Å². The van der Waals surface area contributed by atoms with Crippen molar-refractivity contribution in [3.05, 3.63) is 59.9 Å². The molecule has 0 radical (unpaired) electrons. The van der Waals surface area contributed by atoms with E-state index in [-0.39, 0.29) is 34.5 Å². The SMILES string of the molecule is COC(=O)N[C@H]1CCC[C@@H]1[C@](CN1CCC1)(c1cccc(F)c1)C1CCN(CC2CN(c3ccc(S(=O)(=O)C4CCC4)cc3)C2)CC1. The van der Waals surface area contributed by atoms with E-state index >= 15 is 0 Å². The number of carbonyl (C=O) groups excluding carboxylic acids is 1. The molecule has 5 fully saturated rings. The molecule has 1 N–H and O–H groups in total. The lowest BCUT2D eigenvalue weighted by Crippen LogP contribution is -2.60. The van der Waals surface area contributed by atoms with Gasteiger partial charge in [-0.05, 0) is 125 Å². The van der Waals surface area contributed by atoms with Crippen molar-refractivity contribution in [3.63, 3.8) is 0 Å². The van der Waals surface area contributed by atoms with E-state index < -0.39 is 9.84 Å². The van der Waals surface area contributed by atoms with Crippen molar-refractivity contribution in [2.75, 3.05) is 64.4 Å². The van der Waals surface area contributed by atoms with Gasteiger partial charge in [-0.15, -0.1) is 0 Å². The van der Waals surface area contributed by atoms with Crippen LogP contribution in [0.15, 0.2) is 53.4 Å². The summed E-state index contributed by atoms with van der Waals surface area (Å²) in [5.41, 5.74) is 1.94. The fraction of sp³-hybridized carbons (Fsp3) is 0.649. The number of hydrogen-bond acceptors (Lipinski definition) is 7. The summed E-state index contributed by atoms with van der Waals surface area (Å²) in [6.07, 6.45) is 8.51. The highest BCUT2D eigenvalue weighted by molar-refractivity contribution is 7.92. The maximum atomic E-state index is 14.9. The molecule has 8 nitrogen and oxygen atoms in total. The summed E-state index contributed by atoms with van der Waals surface area (Å²) >= 11 is 0. The molecule has 0 spiro atoms. The molecule has 3 aliphatic heterocycles. The Morgan fingerprint density at radius 1 is 0.915 bits per heavy atom. The Hall–Kier alpha value is -2.69. The molecular formula is C37H51FN4O4S. The highest BCUT2D eigenvalue weighted by Crippen LogP contribution is 2.51. The van der Waals surface area contributed by atoms with Crippen molar-refractivity contribution in [2.45, 2.75) is 79.4 Å². The average Bonchev–Trinajstić information content (AvgIpc) is 3.46. The molecule has 2 aromatic carbocycles. The van der Waals surface area contributed by atoms with E-state index in [1.807, 2.05) is 18.2 Å². The van der Waals surface area contributed by atoms with Crippen LogP contribution in [-0.4, -0.2) is 95.1 Å². The fourth-order valence-corrected chi connectivity index (χ4v) is 11.2. The highest BCUT2D eigenvalue weighted by atomic mass is 32.2. The van der Waals surface area contributed by atoms with Crippen molar-refractivity contribution < 1.29 is 22.3 Å². The van der Waals surface area contributed by atoms with Gasteiger partial charge in [0.05, 0.1) is 17.3 Å². The third-order valence-electron chi connectivity index (χ3n) is 12.3. The maximum absolute atomic E-state index is 14.9. The van der Waals surface area contributed by atoms with Crippen LogP contribution in [0.3, 0.4) is 0 Å². The zero-order valence-electron chi connectivity index (χ0n) is 27.8.